The van der Waals surface area contributed by atoms with Crippen LogP contribution < -0.4 is 19.6 Å². The van der Waals surface area contributed by atoms with Crippen molar-refractivity contribution < 1.29 is 23.8 Å². The lowest BCUT2D eigenvalue weighted by molar-refractivity contribution is -0.123. The van der Waals surface area contributed by atoms with Gasteiger partial charge in [0.1, 0.15) is 17.2 Å². The molecule has 0 atom stereocenters. The summed E-state index contributed by atoms with van der Waals surface area (Å²) in [5, 5.41) is 3.93. The summed E-state index contributed by atoms with van der Waals surface area (Å²) in [5.74, 6) is 0.948. The molecular formula is C26H25IN2O5. The highest BCUT2D eigenvalue weighted by molar-refractivity contribution is 14.1. The number of nitrogens with one attached hydrogen (secondary N) is 1. The Kier molecular flexibility index (Phi) is 9.90. The van der Waals surface area contributed by atoms with Crippen LogP contribution in [0.4, 0.5) is 0 Å². The van der Waals surface area contributed by atoms with Gasteiger partial charge < -0.3 is 14.2 Å². The van der Waals surface area contributed by atoms with Gasteiger partial charge in [0.25, 0.3) is 5.91 Å². The molecule has 0 aliphatic heterocycles. The third-order valence-electron chi connectivity index (χ3n) is 4.55. The van der Waals surface area contributed by atoms with Crippen molar-refractivity contribution in [3.8, 4) is 17.2 Å². The Morgan fingerprint density at radius 2 is 1.56 bits per heavy atom. The fourth-order valence-corrected chi connectivity index (χ4v) is 3.34. The lowest BCUT2D eigenvalue weighted by Gasteiger charge is -2.08. The number of benzene rings is 3. The number of carbonyl (C=O) groups excluding carboxylic acids is 2. The maximum absolute atomic E-state index is 12.3. The van der Waals surface area contributed by atoms with E-state index in [1.165, 1.54) is 6.21 Å². The highest BCUT2D eigenvalue weighted by atomic mass is 127. The molecule has 0 saturated heterocycles. The van der Waals surface area contributed by atoms with Crippen LogP contribution in [-0.2, 0) is 4.79 Å². The summed E-state index contributed by atoms with van der Waals surface area (Å²) in [4.78, 5) is 24.2. The van der Waals surface area contributed by atoms with Crippen LogP contribution >= 0.6 is 22.6 Å². The van der Waals surface area contributed by atoms with Crippen molar-refractivity contribution in [2.24, 2.45) is 5.10 Å². The van der Waals surface area contributed by atoms with Crippen molar-refractivity contribution >= 4 is 40.7 Å². The molecule has 0 aromatic heterocycles. The van der Waals surface area contributed by atoms with E-state index in [1.807, 2.05) is 24.3 Å². The van der Waals surface area contributed by atoms with Gasteiger partial charge in [-0.15, -0.1) is 0 Å². The van der Waals surface area contributed by atoms with Crippen LogP contribution in [0.3, 0.4) is 0 Å². The maximum atomic E-state index is 12.3. The van der Waals surface area contributed by atoms with Crippen LogP contribution in [0, 0.1) is 3.57 Å². The van der Waals surface area contributed by atoms with Gasteiger partial charge in [0.2, 0.25) is 0 Å². The number of carbonyl (C=O) groups is 2. The second-order valence-corrected chi connectivity index (χ2v) is 8.36. The smallest absolute Gasteiger partial charge is 0.344 e. The summed E-state index contributed by atoms with van der Waals surface area (Å²) >= 11 is 2.09. The Morgan fingerprint density at radius 1 is 0.912 bits per heavy atom. The van der Waals surface area contributed by atoms with Crippen molar-refractivity contribution in [1.82, 2.24) is 5.43 Å². The Bertz CT molecular complexity index is 1110. The molecule has 1 N–H and O–H groups in total. The average Bonchev–Trinajstić information content (AvgIpc) is 2.85. The van der Waals surface area contributed by atoms with Gasteiger partial charge in [-0.05, 0) is 95.2 Å². The first-order valence-electron chi connectivity index (χ1n) is 10.8. The Hall–Kier alpha value is -3.40. The fraction of sp³-hybridized carbons (Fsp3) is 0.192. The molecule has 1 amide bonds. The molecule has 34 heavy (non-hydrogen) atoms. The number of hydrazone groups is 1. The normalized spacial score (nSPS) is 10.6. The second-order valence-electron chi connectivity index (χ2n) is 7.19. The highest BCUT2D eigenvalue weighted by Crippen LogP contribution is 2.18. The molecule has 0 heterocycles. The predicted octanol–water partition coefficient (Wildman–Crippen LogP) is 5.22. The third kappa shape index (κ3) is 8.18. The van der Waals surface area contributed by atoms with E-state index in [2.05, 4.69) is 40.0 Å². The van der Waals surface area contributed by atoms with E-state index in [-0.39, 0.29) is 12.5 Å². The van der Waals surface area contributed by atoms with Gasteiger partial charge >= 0.3 is 5.97 Å². The molecule has 0 aliphatic rings. The standard InChI is InChI=1S/C26H25IN2O5/c1-2-3-16-32-20-12-14-21(15-13-20)33-18-25(30)29-28-17-19-8-10-22(11-9-19)34-26(31)23-6-4-5-7-24(23)27/h4-15,17H,2-3,16,18H2,1H3,(H,29,30)/b28-17-. The van der Waals surface area contributed by atoms with Crippen LogP contribution in [0.15, 0.2) is 77.9 Å². The zero-order valence-corrected chi connectivity index (χ0v) is 20.9. The number of ether oxygens (including phenoxy) is 3. The number of hydrogen-bond acceptors (Lipinski definition) is 6. The van der Waals surface area contributed by atoms with Crippen molar-refractivity contribution in [3.05, 3.63) is 87.5 Å². The van der Waals surface area contributed by atoms with Crippen molar-refractivity contribution in [1.29, 1.82) is 0 Å². The van der Waals surface area contributed by atoms with Crippen molar-refractivity contribution in [2.45, 2.75) is 19.8 Å². The lowest BCUT2D eigenvalue weighted by Crippen LogP contribution is -2.24. The summed E-state index contributed by atoms with van der Waals surface area (Å²) in [6.07, 6.45) is 3.57. The number of halogens is 1. The molecule has 0 unspecified atom stereocenters. The number of amides is 1. The molecule has 0 bridgehead atoms. The van der Waals surface area contributed by atoms with E-state index >= 15 is 0 Å². The highest BCUT2D eigenvalue weighted by Gasteiger charge is 2.11. The minimum absolute atomic E-state index is 0.166. The van der Waals surface area contributed by atoms with Gasteiger partial charge in [-0.25, -0.2) is 10.2 Å². The molecule has 0 spiro atoms. The molecule has 3 rings (SSSR count). The average molecular weight is 572 g/mol. The van der Waals surface area contributed by atoms with Crippen LogP contribution in [0.25, 0.3) is 0 Å². The van der Waals surface area contributed by atoms with Gasteiger partial charge in [-0.3, -0.25) is 4.79 Å². The predicted molar refractivity (Wildman–Crippen MR) is 139 cm³/mol. The van der Waals surface area contributed by atoms with E-state index in [4.69, 9.17) is 14.2 Å². The maximum Gasteiger partial charge on any atom is 0.344 e. The molecular weight excluding hydrogens is 547 g/mol. The molecule has 7 nitrogen and oxygen atoms in total. The number of rotatable bonds is 11. The quantitative estimate of drug-likeness (QED) is 0.0851. The number of hydrogen-bond donors (Lipinski definition) is 1. The van der Waals surface area contributed by atoms with E-state index < -0.39 is 5.97 Å². The molecule has 8 heteroatoms. The molecule has 0 aliphatic carbocycles. The van der Waals surface area contributed by atoms with E-state index in [0.29, 0.717) is 23.7 Å². The summed E-state index contributed by atoms with van der Waals surface area (Å²) in [7, 11) is 0. The zero-order chi connectivity index (χ0) is 24.2. The van der Waals surface area contributed by atoms with Gasteiger partial charge in [-0.1, -0.05) is 25.5 Å². The zero-order valence-electron chi connectivity index (χ0n) is 18.7. The molecule has 0 saturated carbocycles. The summed E-state index contributed by atoms with van der Waals surface area (Å²) in [6.45, 7) is 2.62. The second kappa shape index (κ2) is 13.3. The van der Waals surface area contributed by atoms with Gasteiger partial charge in [-0.2, -0.15) is 5.10 Å². The number of unbranched alkanes of at least 4 members (excludes halogenated alkanes) is 1. The van der Waals surface area contributed by atoms with Gasteiger partial charge in [0.15, 0.2) is 6.61 Å². The number of nitrogens with zero attached hydrogens (tertiary/aromatic N) is 1. The molecule has 3 aromatic rings. The number of esters is 1. The van der Waals surface area contributed by atoms with E-state index in [1.54, 1.807) is 48.5 Å². The lowest BCUT2D eigenvalue weighted by atomic mass is 10.2. The topological polar surface area (TPSA) is 86.2 Å². The molecule has 0 fully saturated rings. The third-order valence-corrected chi connectivity index (χ3v) is 5.49. The molecule has 176 valence electrons. The van der Waals surface area contributed by atoms with Crippen LogP contribution in [0.2, 0.25) is 0 Å². The van der Waals surface area contributed by atoms with E-state index in [0.717, 1.165) is 27.7 Å². The molecule has 0 radical (unpaired) electrons. The van der Waals surface area contributed by atoms with E-state index in [9.17, 15) is 9.59 Å². The largest absolute Gasteiger partial charge is 0.494 e. The first-order chi connectivity index (χ1) is 16.5. The Labute approximate surface area is 212 Å². The Morgan fingerprint density at radius 3 is 2.24 bits per heavy atom. The van der Waals surface area contributed by atoms with Crippen LogP contribution in [0.5, 0.6) is 17.2 Å². The Balaban J connectivity index is 1.41. The minimum atomic E-state index is -0.419. The minimum Gasteiger partial charge on any atom is -0.494 e. The van der Waals surface area contributed by atoms with Gasteiger partial charge in [0.05, 0.1) is 18.4 Å². The monoisotopic (exact) mass is 572 g/mol. The SMILES string of the molecule is CCCCOc1ccc(OCC(=O)N/N=C\c2ccc(OC(=O)c3ccccc3I)cc2)cc1. The molecule has 3 aromatic carbocycles. The van der Waals surface area contributed by atoms with Crippen LogP contribution in [0.1, 0.15) is 35.7 Å². The summed E-state index contributed by atoms with van der Waals surface area (Å²) < 4.78 is 17.3. The summed E-state index contributed by atoms with van der Waals surface area (Å²) in [6, 6.07) is 21.1. The van der Waals surface area contributed by atoms with Gasteiger partial charge in [0, 0.05) is 3.57 Å². The summed E-state index contributed by atoms with van der Waals surface area (Å²) in [5.41, 5.74) is 3.66. The first-order valence-corrected chi connectivity index (χ1v) is 11.9. The van der Waals surface area contributed by atoms with Crippen molar-refractivity contribution in [3.63, 3.8) is 0 Å². The van der Waals surface area contributed by atoms with Crippen LogP contribution in [-0.4, -0.2) is 31.3 Å². The first kappa shape index (κ1) is 25.2. The van der Waals surface area contributed by atoms with Crippen molar-refractivity contribution in [2.75, 3.05) is 13.2 Å². The fourth-order valence-electron chi connectivity index (χ4n) is 2.74.